The lowest BCUT2D eigenvalue weighted by Crippen LogP contribution is -2.47. The molecular formula is C26H28N4O4. The summed E-state index contributed by atoms with van der Waals surface area (Å²) in [5, 5.41) is 2.84. The number of fused-ring (bicyclic) bond motifs is 2. The Bertz CT molecular complexity index is 1180. The first-order valence-electron chi connectivity index (χ1n) is 11.7. The van der Waals surface area contributed by atoms with Crippen LogP contribution in [0.25, 0.3) is 0 Å². The second kappa shape index (κ2) is 8.27. The van der Waals surface area contributed by atoms with Gasteiger partial charge in [-0.2, -0.15) is 0 Å². The molecular weight excluding hydrogens is 432 g/mol. The number of carbonyl (C=O) groups excluding carboxylic acids is 4. The number of rotatable bonds is 7. The smallest absolute Gasteiger partial charge is 0.325 e. The third kappa shape index (κ3) is 3.73. The largest absolute Gasteiger partial charge is 0.366 e. The number of aryl methyl sites for hydroxylation is 1. The predicted molar refractivity (Wildman–Crippen MR) is 124 cm³/mol. The maximum atomic E-state index is 13.5. The molecule has 0 aromatic heterocycles. The van der Waals surface area contributed by atoms with Gasteiger partial charge in [-0.3, -0.25) is 19.3 Å². The van der Waals surface area contributed by atoms with Crippen LogP contribution in [0.1, 0.15) is 53.2 Å². The first kappa shape index (κ1) is 22.1. The molecule has 2 atom stereocenters. The number of benzene rings is 2. The van der Waals surface area contributed by atoms with E-state index in [4.69, 9.17) is 5.73 Å². The number of nitrogens with two attached hydrogens (primary N) is 1. The second-order valence-electron chi connectivity index (χ2n) is 9.55. The van der Waals surface area contributed by atoms with Crippen LogP contribution in [0.5, 0.6) is 0 Å². The van der Waals surface area contributed by atoms with Gasteiger partial charge < -0.3 is 16.0 Å². The first-order valence-corrected chi connectivity index (χ1v) is 11.7. The number of primary amides is 1. The summed E-state index contributed by atoms with van der Waals surface area (Å²) >= 11 is 0. The molecule has 3 aliphatic rings. The van der Waals surface area contributed by atoms with Gasteiger partial charge in [-0.1, -0.05) is 36.4 Å². The Morgan fingerprint density at radius 3 is 2.59 bits per heavy atom. The number of nitrogens with one attached hydrogen (secondary N) is 1. The standard InChI is InChI=1S/C26H28N4O4/c1-16(18-7-8-18)29(14-17-5-3-2-4-6-17)22(31)15-30-24(33)26(28-25(30)34)12-11-19-13-20(23(27)32)9-10-21(19)26/h2-6,9-10,13,16,18H,7-8,11-12,14-15H2,1H3,(H2,27,32)(H,28,34). The molecule has 2 fully saturated rings. The fourth-order valence-electron chi connectivity index (χ4n) is 5.25. The maximum Gasteiger partial charge on any atom is 0.325 e. The van der Waals surface area contributed by atoms with Crippen molar-refractivity contribution in [2.45, 2.75) is 50.7 Å². The van der Waals surface area contributed by atoms with Gasteiger partial charge in [0.25, 0.3) is 5.91 Å². The van der Waals surface area contributed by atoms with Crippen LogP contribution in [0.4, 0.5) is 4.79 Å². The Kier molecular flexibility index (Phi) is 5.38. The van der Waals surface area contributed by atoms with Gasteiger partial charge >= 0.3 is 6.03 Å². The summed E-state index contributed by atoms with van der Waals surface area (Å²) < 4.78 is 0. The molecule has 1 saturated heterocycles. The average molecular weight is 461 g/mol. The summed E-state index contributed by atoms with van der Waals surface area (Å²) in [5.74, 6) is -0.759. The van der Waals surface area contributed by atoms with Crippen molar-refractivity contribution in [1.29, 1.82) is 0 Å². The molecule has 1 heterocycles. The highest BCUT2D eigenvalue weighted by atomic mass is 16.2. The van der Waals surface area contributed by atoms with E-state index in [1.165, 1.54) is 0 Å². The van der Waals surface area contributed by atoms with Crippen LogP contribution in [-0.2, 0) is 28.1 Å². The molecule has 176 valence electrons. The Labute approximate surface area is 198 Å². The van der Waals surface area contributed by atoms with E-state index < -0.39 is 23.4 Å². The van der Waals surface area contributed by atoms with E-state index in [2.05, 4.69) is 5.32 Å². The van der Waals surface area contributed by atoms with Crippen molar-refractivity contribution >= 4 is 23.8 Å². The molecule has 3 N–H and O–H groups in total. The quantitative estimate of drug-likeness (QED) is 0.618. The van der Waals surface area contributed by atoms with Crippen LogP contribution >= 0.6 is 0 Å². The van der Waals surface area contributed by atoms with Gasteiger partial charge in [0, 0.05) is 18.2 Å². The van der Waals surface area contributed by atoms with E-state index in [0.717, 1.165) is 28.9 Å². The minimum Gasteiger partial charge on any atom is -0.366 e. The normalized spacial score (nSPS) is 22.0. The Morgan fingerprint density at radius 1 is 1.18 bits per heavy atom. The zero-order valence-electron chi connectivity index (χ0n) is 19.1. The fraction of sp³-hybridized carbons (Fsp3) is 0.385. The highest BCUT2D eigenvalue weighted by Crippen LogP contribution is 2.42. The van der Waals surface area contributed by atoms with Crippen LogP contribution in [0.3, 0.4) is 0 Å². The van der Waals surface area contributed by atoms with E-state index in [-0.39, 0.29) is 18.5 Å². The number of urea groups is 1. The number of hydrogen-bond acceptors (Lipinski definition) is 4. The minimum absolute atomic E-state index is 0.0295. The monoisotopic (exact) mass is 460 g/mol. The highest BCUT2D eigenvalue weighted by Gasteiger charge is 2.56. The molecule has 0 bridgehead atoms. The molecule has 0 radical (unpaired) electrons. The zero-order chi connectivity index (χ0) is 24.0. The van der Waals surface area contributed by atoms with Gasteiger partial charge in [-0.15, -0.1) is 0 Å². The number of hydrogen-bond donors (Lipinski definition) is 2. The van der Waals surface area contributed by atoms with Crippen LogP contribution in [-0.4, -0.2) is 46.1 Å². The van der Waals surface area contributed by atoms with Gasteiger partial charge in [0.2, 0.25) is 11.8 Å². The molecule has 2 aromatic carbocycles. The molecule has 1 spiro atoms. The second-order valence-corrected chi connectivity index (χ2v) is 9.55. The van der Waals surface area contributed by atoms with Crippen LogP contribution in [0.15, 0.2) is 48.5 Å². The Hall–Kier alpha value is -3.68. The lowest BCUT2D eigenvalue weighted by atomic mass is 9.91. The molecule has 2 aliphatic carbocycles. The molecule has 8 nitrogen and oxygen atoms in total. The summed E-state index contributed by atoms with van der Waals surface area (Å²) in [6.45, 7) is 2.17. The van der Waals surface area contributed by atoms with Crippen molar-refractivity contribution in [2.75, 3.05) is 6.54 Å². The summed E-state index contributed by atoms with van der Waals surface area (Å²) in [6.07, 6.45) is 3.07. The Balaban J connectivity index is 1.37. The average Bonchev–Trinajstić information content (AvgIpc) is 3.58. The molecule has 5 amide bonds. The molecule has 2 aromatic rings. The predicted octanol–water partition coefficient (Wildman–Crippen LogP) is 2.31. The Morgan fingerprint density at radius 2 is 1.91 bits per heavy atom. The van der Waals surface area contributed by atoms with Gasteiger partial charge in [-0.05, 0) is 67.3 Å². The summed E-state index contributed by atoms with van der Waals surface area (Å²) in [4.78, 5) is 54.3. The van der Waals surface area contributed by atoms with Crippen molar-refractivity contribution in [3.63, 3.8) is 0 Å². The topological polar surface area (TPSA) is 113 Å². The third-order valence-corrected chi connectivity index (χ3v) is 7.40. The van der Waals surface area contributed by atoms with Gasteiger partial charge in [-0.25, -0.2) is 4.79 Å². The molecule has 1 saturated carbocycles. The summed E-state index contributed by atoms with van der Waals surface area (Å²) in [7, 11) is 0. The van der Waals surface area contributed by atoms with E-state index in [0.29, 0.717) is 36.4 Å². The molecule has 8 heteroatoms. The van der Waals surface area contributed by atoms with Crippen molar-refractivity contribution < 1.29 is 19.2 Å². The van der Waals surface area contributed by atoms with Gasteiger partial charge in [0.15, 0.2) is 0 Å². The number of carbonyl (C=O) groups is 4. The number of amides is 5. The van der Waals surface area contributed by atoms with Crippen LogP contribution in [0, 0.1) is 5.92 Å². The zero-order valence-corrected chi connectivity index (χ0v) is 19.1. The maximum absolute atomic E-state index is 13.5. The van der Waals surface area contributed by atoms with Gasteiger partial charge in [0.05, 0.1) is 0 Å². The lowest BCUT2D eigenvalue weighted by molar-refractivity contribution is -0.141. The van der Waals surface area contributed by atoms with Crippen LogP contribution in [0.2, 0.25) is 0 Å². The number of nitrogens with zero attached hydrogens (tertiary/aromatic N) is 2. The van der Waals surface area contributed by atoms with E-state index >= 15 is 0 Å². The van der Waals surface area contributed by atoms with E-state index in [1.807, 2.05) is 37.3 Å². The number of imide groups is 1. The minimum atomic E-state index is -1.20. The molecule has 1 aliphatic heterocycles. The lowest BCUT2D eigenvalue weighted by Gasteiger charge is -2.31. The van der Waals surface area contributed by atoms with Gasteiger partial charge in [0.1, 0.15) is 12.1 Å². The van der Waals surface area contributed by atoms with Crippen molar-refractivity contribution in [1.82, 2.24) is 15.1 Å². The van der Waals surface area contributed by atoms with Crippen molar-refractivity contribution in [3.8, 4) is 0 Å². The first-order chi connectivity index (χ1) is 16.3. The van der Waals surface area contributed by atoms with Crippen LogP contribution < -0.4 is 11.1 Å². The van der Waals surface area contributed by atoms with E-state index in [1.54, 1.807) is 23.1 Å². The summed E-state index contributed by atoms with van der Waals surface area (Å²) in [5.41, 5.74) is 7.04. The van der Waals surface area contributed by atoms with E-state index in [9.17, 15) is 19.2 Å². The van der Waals surface area contributed by atoms with Crippen molar-refractivity contribution in [3.05, 3.63) is 70.8 Å². The highest BCUT2D eigenvalue weighted by molar-refractivity contribution is 6.10. The SMILES string of the molecule is CC(C1CC1)N(Cc1ccccc1)C(=O)CN1C(=O)NC2(CCc3cc(C(N)=O)ccc32)C1=O. The summed E-state index contributed by atoms with van der Waals surface area (Å²) in [6, 6.07) is 14.1. The fourth-order valence-corrected chi connectivity index (χ4v) is 5.25. The van der Waals surface area contributed by atoms with Crippen molar-refractivity contribution in [2.24, 2.45) is 11.7 Å². The molecule has 34 heavy (non-hydrogen) atoms. The molecule has 2 unspecified atom stereocenters. The third-order valence-electron chi connectivity index (χ3n) is 7.40. The molecule has 5 rings (SSSR count).